The van der Waals surface area contributed by atoms with Crippen molar-refractivity contribution in [2.45, 2.75) is 6.42 Å². The molecule has 1 rings (SSSR count). The van der Waals surface area contributed by atoms with Crippen molar-refractivity contribution in [3.8, 4) is 0 Å². The molecule has 84 valence electrons. The average Bonchev–Trinajstić information content (AvgIpc) is 2.15. The van der Waals surface area contributed by atoms with Crippen LogP contribution < -0.4 is 0 Å². The summed E-state index contributed by atoms with van der Waals surface area (Å²) in [6, 6.07) is 4.07. The van der Waals surface area contributed by atoms with Crippen molar-refractivity contribution in [3.63, 3.8) is 0 Å². The topological polar surface area (TPSA) is 43.4 Å². The average molecular weight is 251 g/mol. The predicted molar refractivity (Wildman–Crippen MR) is 56.7 cm³/mol. The van der Waals surface area contributed by atoms with E-state index in [9.17, 15) is 13.2 Å². The van der Waals surface area contributed by atoms with E-state index in [4.69, 9.17) is 11.6 Å². The zero-order chi connectivity index (χ0) is 11.4. The Kier molecular flexibility index (Phi) is 4.66. The molecular weight excluding hydrogens is 241 g/mol. The van der Waals surface area contributed by atoms with E-state index in [0.29, 0.717) is 18.0 Å². The summed E-state index contributed by atoms with van der Waals surface area (Å²) in [6.07, 6.45) is 0.462. The minimum absolute atomic E-state index is 0.320. The third kappa shape index (κ3) is 3.87. The first-order chi connectivity index (χ1) is 7.00. The van der Waals surface area contributed by atoms with Crippen LogP contribution in [0.15, 0.2) is 18.2 Å². The van der Waals surface area contributed by atoms with E-state index < -0.39 is 17.1 Å². The minimum Gasteiger partial charge on any atom is -0.760 e. The van der Waals surface area contributed by atoms with Crippen molar-refractivity contribution in [2.24, 2.45) is 0 Å². The SMILES string of the molecule is CN(CCc1ccc(F)cc1Cl)S(=O)[O-]. The van der Waals surface area contributed by atoms with Crippen LogP contribution in [0, 0.1) is 5.82 Å². The second-order valence-electron chi connectivity index (χ2n) is 3.05. The Morgan fingerprint density at radius 3 is 2.80 bits per heavy atom. The van der Waals surface area contributed by atoms with E-state index in [2.05, 4.69) is 0 Å². The van der Waals surface area contributed by atoms with Gasteiger partial charge in [0.05, 0.1) is 0 Å². The first kappa shape index (κ1) is 12.6. The molecule has 3 nitrogen and oxygen atoms in total. The van der Waals surface area contributed by atoms with Gasteiger partial charge < -0.3 is 4.55 Å². The molecule has 0 heterocycles. The van der Waals surface area contributed by atoms with Crippen LogP contribution in [0.3, 0.4) is 0 Å². The lowest BCUT2D eigenvalue weighted by Gasteiger charge is -2.18. The van der Waals surface area contributed by atoms with Gasteiger partial charge in [-0.05, 0) is 31.2 Å². The molecule has 0 aliphatic carbocycles. The van der Waals surface area contributed by atoms with Gasteiger partial charge in [0.1, 0.15) is 5.82 Å². The van der Waals surface area contributed by atoms with Gasteiger partial charge in [0.2, 0.25) is 0 Å². The summed E-state index contributed by atoms with van der Waals surface area (Å²) in [7, 11) is 1.46. The molecule has 0 radical (unpaired) electrons. The molecule has 0 aliphatic rings. The third-order valence-corrected chi connectivity index (χ3v) is 3.01. The molecule has 0 saturated heterocycles. The number of rotatable bonds is 4. The van der Waals surface area contributed by atoms with Crippen molar-refractivity contribution in [2.75, 3.05) is 13.6 Å². The van der Waals surface area contributed by atoms with Crippen LogP contribution >= 0.6 is 11.6 Å². The molecular formula is C9H10ClFNO2S-. The van der Waals surface area contributed by atoms with Gasteiger partial charge in [-0.25, -0.2) is 8.70 Å². The largest absolute Gasteiger partial charge is 0.760 e. The maximum absolute atomic E-state index is 12.7. The fourth-order valence-electron chi connectivity index (χ4n) is 1.08. The highest BCUT2D eigenvalue weighted by molar-refractivity contribution is 7.76. The fraction of sp³-hybridized carbons (Fsp3) is 0.333. The molecule has 0 saturated carbocycles. The number of hydrogen-bond donors (Lipinski definition) is 0. The van der Waals surface area contributed by atoms with E-state index >= 15 is 0 Å². The predicted octanol–water partition coefficient (Wildman–Crippen LogP) is 1.75. The molecule has 0 spiro atoms. The van der Waals surface area contributed by atoms with E-state index in [1.165, 1.54) is 19.2 Å². The molecule has 1 atom stereocenters. The van der Waals surface area contributed by atoms with Crippen LogP contribution in [-0.2, 0) is 17.7 Å². The van der Waals surface area contributed by atoms with E-state index in [-0.39, 0.29) is 0 Å². The zero-order valence-corrected chi connectivity index (χ0v) is 9.65. The standard InChI is InChI=1S/C9H11ClFNO2S/c1-12(15(13)14)5-4-7-2-3-8(11)6-9(7)10/h2-3,6H,4-5H2,1H3,(H,13,14)/p-1. The molecule has 6 heteroatoms. The second kappa shape index (κ2) is 5.55. The summed E-state index contributed by atoms with van der Waals surface area (Å²) in [5.41, 5.74) is 0.732. The molecule has 1 aromatic rings. The highest BCUT2D eigenvalue weighted by Crippen LogP contribution is 2.17. The molecule has 15 heavy (non-hydrogen) atoms. The van der Waals surface area contributed by atoms with Crippen molar-refractivity contribution >= 4 is 22.9 Å². The summed E-state index contributed by atoms with van der Waals surface area (Å²) in [4.78, 5) is 0. The Bertz CT molecular complexity index is 375. The number of hydrogen-bond acceptors (Lipinski definition) is 2. The van der Waals surface area contributed by atoms with Crippen molar-refractivity contribution in [1.82, 2.24) is 4.31 Å². The Hall–Kier alpha value is -0.490. The van der Waals surface area contributed by atoms with Crippen molar-refractivity contribution in [1.29, 1.82) is 0 Å². The molecule has 0 bridgehead atoms. The molecule has 0 N–H and O–H groups in total. The van der Waals surface area contributed by atoms with Gasteiger partial charge >= 0.3 is 0 Å². The van der Waals surface area contributed by atoms with Crippen molar-refractivity contribution in [3.05, 3.63) is 34.6 Å². The first-order valence-electron chi connectivity index (χ1n) is 4.25. The second-order valence-corrected chi connectivity index (χ2v) is 4.52. The van der Waals surface area contributed by atoms with Crippen LogP contribution in [0.2, 0.25) is 5.02 Å². The lowest BCUT2D eigenvalue weighted by molar-refractivity contribution is 0.436. The van der Waals surface area contributed by atoms with Gasteiger partial charge in [0.15, 0.2) is 0 Å². The van der Waals surface area contributed by atoms with Crippen LogP contribution in [0.1, 0.15) is 5.56 Å². The first-order valence-corrected chi connectivity index (χ1v) is 5.66. The molecule has 1 unspecified atom stereocenters. The number of nitrogens with zero attached hydrogens (tertiary/aromatic N) is 1. The van der Waals surface area contributed by atoms with Crippen LogP contribution in [0.4, 0.5) is 4.39 Å². The number of likely N-dealkylation sites (N-methyl/N-ethyl adjacent to an activating group) is 1. The Morgan fingerprint density at radius 1 is 1.60 bits per heavy atom. The Balaban J connectivity index is 2.62. The van der Waals surface area contributed by atoms with Gasteiger partial charge in [-0.15, -0.1) is 0 Å². The van der Waals surface area contributed by atoms with Gasteiger partial charge in [0, 0.05) is 22.8 Å². The normalized spacial score (nSPS) is 13.1. The quantitative estimate of drug-likeness (QED) is 0.764. The van der Waals surface area contributed by atoms with Crippen LogP contribution in [0.5, 0.6) is 0 Å². The summed E-state index contributed by atoms with van der Waals surface area (Å²) in [5, 5.41) is 0.320. The highest BCUT2D eigenvalue weighted by atomic mass is 35.5. The summed E-state index contributed by atoms with van der Waals surface area (Å²) in [6.45, 7) is 0.321. The molecule has 0 aromatic heterocycles. The molecule has 0 amide bonds. The summed E-state index contributed by atoms with van der Waals surface area (Å²) in [5.74, 6) is -0.399. The maximum atomic E-state index is 12.7. The maximum Gasteiger partial charge on any atom is 0.124 e. The number of benzene rings is 1. The zero-order valence-electron chi connectivity index (χ0n) is 8.07. The van der Waals surface area contributed by atoms with Crippen LogP contribution in [-0.4, -0.2) is 26.7 Å². The molecule has 0 aliphatic heterocycles. The summed E-state index contributed by atoms with van der Waals surface area (Å²) < 4.78 is 34.8. The van der Waals surface area contributed by atoms with Gasteiger partial charge in [-0.2, -0.15) is 0 Å². The van der Waals surface area contributed by atoms with Crippen LogP contribution in [0.25, 0.3) is 0 Å². The Labute approximate surface area is 95.3 Å². The lowest BCUT2D eigenvalue weighted by atomic mass is 10.1. The number of halogens is 2. The smallest absolute Gasteiger partial charge is 0.124 e. The van der Waals surface area contributed by atoms with Gasteiger partial charge in [-0.1, -0.05) is 17.7 Å². The van der Waals surface area contributed by atoms with E-state index in [1.807, 2.05) is 0 Å². The van der Waals surface area contributed by atoms with E-state index in [1.54, 1.807) is 6.07 Å². The lowest BCUT2D eigenvalue weighted by Crippen LogP contribution is -2.23. The van der Waals surface area contributed by atoms with Gasteiger partial charge in [0.25, 0.3) is 0 Å². The fourth-order valence-corrected chi connectivity index (χ4v) is 1.58. The monoisotopic (exact) mass is 250 g/mol. The minimum atomic E-state index is -2.23. The van der Waals surface area contributed by atoms with Crippen molar-refractivity contribution < 1.29 is 13.2 Å². The van der Waals surface area contributed by atoms with Gasteiger partial charge in [-0.3, -0.25) is 4.21 Å². The highest BCUT2D eigenvalue weighted by Gasteiger charge is 2.04. The molecule has 1 aromatic carbocycles. The Morgan fingerprint density at radius 2 is 2.27 bits per heavy atom. The third-order valence-electron chi connectivity index (χ3n) is 1.97. The molecule has 0 fully saturated rings. The van der Waals surface area contributed by atoms with E-state index in [0.717, 1.165) is 9.87 Å². The summed E-state index contributed by atoms with van der Waals surface area (Å²) >= 11 is 3.55.